The number of carbonyl (C=O) groups is 2. The Morgan fingerprint density at radius 3 is 2.58 bits per heavy atom. The lowest BCUT2D eigenvalue weighted by molar-refractivity contribution is -0.123. The minimum atomic E-state index is -0.420. The summed E-state index contributed by atoms with van der Waals surface area (Å²) in [5.74, 6) is -0.326. The summed E-state index contributed by atoms with van der Waals surface area (Å²) < 4.78 is 20.5. The van der Waals surface area contributed by atoms with Crippen LogP contribution in [-0.4, -0.2) is 16.0 Å². The van der Waals surface area contributed by atoms with Gasteiger partial charge in [0, 0.05) is 15.6 Å². The van der Waals surface area contributed by atoms with E-state index in [1.165, 1.54) is 6.07 Å². The van der Waals surface area contributed by atoms with E-state index in [0.717, 1.165) is 21.1 Å². The van der Waals surface area contributed by atoms with Gasteiger partial charge in [0.15, 0.2) is 0 Å². The van der Waals surface area contributed by atoms with Gasteiger partial charge in [-0.15, -0.1) is 0 Å². The zero-order chi connectivity index (χ0) is 23.5. The first-order chi connectivity index (χ1) is 15.8. The third-order valence-electron chi connectivity index (χ3n) is 4.80. The molecule has 1 aliphatic heterocycles. The van der Waals surface area contributed by atoms with Crippen LogP contribution in [0.1, 0.15) is 16.7 Å². The number of benzene rings is 3. The molecule has 2 amide bonds. The van der Waals surface area contributed by atoms with Crippen LogP contribution in [0.4, 0.5) is 9.18 Å². The largest absolute Gasteiger partial charge is 0.488 e. The van der Waals surface area contributed by atoms with Gasteiger partial charge in [0.2, 0.25) is 0 Å². The molecule has 0 bridgehead atoms. The Bertz CT molecular complexity index is 1280. The van der Waals surface area contributed by atoms with Crippen LogP contribution in [0, 0.1) is 5.82 Å². The SMILES string of the molecule is O=C1S/C(=C\c2cc(Br)ccc2OCc2ccccc2F)C(=O)N1Cc1ccc(Cl)c(Cl)c1. The molecule has 1 aliphatic rings. The molecule has 1 saturated heterocycles. The molecule has 4 rings (SSSR count). The van der Waals surface area contributed by atoms with Crippen LogP contribution in [-0.2, 0) is 17.9 Å². The van der Waals surface area contributed by atoms with Gasteiger partial charge in [-0.1, -0.05) is 63.4 Å². The molecule has 0 aromatic heterocycles. The first kappa shape index (κ1) is 23.8. The number of imide groups is 1. The van der Waals surface area contributed by atoms with Crippen molar-refractivity contribution >= 4 is 68.1 Å². The number of carbonyl (C=O) groups excluding carboxylic acids is 2. The molecule has 168 valence electrons. The zero-order valence-corrected chi connectivity index (χ0v) is 20.8. The van der Waals surface area contributed by atoms with E-state index in [9.17, 15) is 14.0 Å². The van der Waals surface area contributed by atoms with Gasteiger partial charge in [0.05, 0.1) is 21.5 Å². The summed E-state index contributed by atoms with van der Waals surface area (Å²) >= 11 is 16.2. The lowest BCUT2D eigenvalue weighted by atomic mass is 10.1. The van der Waals surface area contributed by atoms with Crippen LogP contribution in [0.25, 0.3) is 6.08 Å². The number of rotatable bonds is 6. The predicted molar refractivity (Wildman–Crippen MR) is 133 cm³/mol. The van der Waals surface area contributed by atoms with E-state index < -0.39 is 5.91 Å². The van der Waals surface area contributed by atoms with Crippen molar-refractivity contribution in [3.63, 3.8) is 0 Å². The number of hydrogen-bond donors (Lipinski definition) is 0. The van der Waals surface area contributed by atoms with E-state index in [1.807, 2.05) is 0 Å². The fraction of sp³-hybridized carbons (Fsp3) is 0.0833. The van der Waals surface area contributed by atoms with Crippen molar-refractivity contribution in [3.05, 3.63) is 103 Å². The minimum absolute atomic E-state index is 0.0218. The summed E-state index contributed by atoms with van der Waals surface area (Å²) in [4.78, 5) is 26.9. The topological polar surface area (TPSA) is 46.6 Å². The summed E-state index contributed by atoms with van der Waals surface area (Å²) in [5, 5.41) is 0.357. The van der Waals surface area contributed by atoms with Crippen molar-refractivity contribution in [1.29, 1.82) is 0 Å². The maximum atomic E-state index is 13.9. The van der Waals surface area contributed by atoms with Crippen LogP contribution in [0.5, 0.6) is 5.75 Å². The molecule has 0 spiro atoms. The van der Waals surface area contributed by atoms with E-state index in [2.05, 4.69) is 15.9 Å². The molecule has 0 atom stereocenters. The van der Waals surface area contributed by atoms with Gasteiger partial charge in [-0.25, -0.2) is 4.39 Å². The van der Waals surface area contributed by atoms with E-state index in [1.54, 1.807) is 60.7 Å². The first-order valence-corrected chi connectivity index (χ1v) is 12.0. The van der Waals surface area contributed by atoms with Gasteiger partial charge in [0.1, 0.15) is 18.2 Å². The Balaban J connectivity index is 1.56. The molecule has 9 heteroatoms. The first-order valence-electron chi connectivity index (χ1n) is 9.67. The molecule has 4 nitrogen and oxygen atoms in total. The highest BCUT2D eigenvalue weighted by Crippen LogP contribution is 2.36. The van der Waals surface area contributed by atoms with Gasteiger partial charge in [-0.3, -0.25) is 14.5 Å². The highest BCUT2D eigenvalue weighted by molar-refractivity contribution is 9.10. The zero-order valence-electron chi connectivity index (χ0n) is 16.9. The number of amides is 2. The van der Waals surface area contributed by atoms with E-state index in [4.69, 9.17) is 27.9 Å². The molecule has 0 unspecified atom stereocenters. The molecule has 1 heterocycles. The molecule has 3 aromatic carbocycles. The maximum absolute atomic E-state index is 13.9. The molecule has 0 N–H and O–H groups in total. The van der Waals surface area contributed by atoms with Gasteiger partial charge in [-0.05, 0) is 59.8 Å². The fourth-order valence-electron chi connectivity index (χ4n) is 3.13. The third kappa shape index (κ3) is 5.61. The van der Waals surface area contributed by atoms with Crippen molar-refractivity contribution in [2.45, 2.75) is 13.2 Å². The number of nitrogens with zero attached hydrogens (tertiary/aromatic N) is 1. The normalized spacial score (nSPS) is 14.9. The van der Waals surface area contributed by atoms with Crippen molar-refractivity contribution in [1.82, 2.24) is 4.90 Å². The molecular formula is C24H15BrCl2FNO3S. The van der Waals surface area contributed by atoms with E-state index in [-0.39, 0.29) is 29.1 Å². The highest BCUT2D eigenvalue weighted by Gasteiger charge is 2.35. The molecule has 3 aromatic rings. The average molecular weight is 567 g/mol. The highest BCUT2D eigenvalue weighted by atomic mass is 79.9. The lowest BCUT2D eigenvalue weighted by Gasteiger charge is -2.13. The molecule has 0 saturated carbocycles. The second-order valence-electron chi connectivity index (χ2n) is 7.08. The number of ether oxygens (including phenoxy) is 1. The number of halogens is 4. The lowest BCUT2D eigenvalue weighted by Crippen LogP contribution is -2.27. The van der Waals surface area contributed by atoms with Crippen molar-refractivity contribution in [2.75, 3.05) is 0 Å². The number of hydrogen-bond acceptors (Lipinski definition) is 4. The molecule has 33 heavy (non-hydrogen) atoms. The molecule has 1 fully saturated rings. The fourth-order valence-corrected chi connectivity index (χ4v) is 4.66. The van der Waals surface area contributed by atoms with Crippen LogP contribution in [0.3, 0.4) is 0 Å². The van der Waals surface area contributed by atoms with Crippen LogP contribution in [0.2, 0.25) is 10.0 Å². The molecular weight excluding hydrogens is 552 g/mol. The van der Waals surface area contributed by atoms with Gasteiger partial charge < -0.3 is 4.74 Å². The Labute approximate surface area is 212 Å². The quantitative estimate of drug-likeness (QED) is 0.287. The maximum Gasteiger partial charge on any atom is 0.293 e. The Morgan fingerprint density at radius 1 is 1.03 bits per heavy atom. The summed E-state index contributed by atoms with van der Waals surface area (Å²) in [5.41, 5.74) is 1.68. The Morgan fingerprint density at radius 2 is 1.82 bits per heavy atom. The number of thioether (sulfide) groups is 1. The van der Waals surface area contributed by atoms with Crippen LogP contribution < -0.4 is 4.74 Å². The van der Waals surface area contributed by atoms with Crippen molar-refractivity contribution in [2.24, 2.45) is 0 Å². The van der Waals surface area contributed by atoms with E-state index in [0.29, 0.717) is 32.5 Å². The van der Waals surface area contributed by atoms with Crippen LogP contribution >= 0.6 is 50.9 Å². The van der Waals surface area contributed by atoms with Crippen molar-refractivity contribution in [3.8, 4) is 5.75 Å². The van der Waals surface area contributed by atoms with E-state index >= 15 is 0 Å². The molecule has 0 aliphatic carbocycles. The summed E-state index contributed by atoms with van der Waals surface area (Å²) in [7, 11) is 0. The van der Waals surface area contributed by atoms with Crippen molar-refractivity contribution < 1.29 is 18.7 Å². The third-order valence-corrected chi connectivity index (χ3v) is 6.94. The Kier molecular flexibility index (Phi) is 7.44. The standard InChI is InChI=1S/C24H15BrCl2FNO3S/c25-17-6-8-21(32-13-15-3-1-2-4-20(15)28)16(10-17)11-22-23(30)29(24(31)33-22)12-14-5-7-18(26)19(27)9-14/h1-11H,12-13H2/b22-11-. The second kappa shape index (κ2) is 10.3. The van der Waals surface area contributed by atoms with Crippen LogP contribution in [0.15, 0.2) is 70.0 Å². The Hall–Kier alpha value is -2.32. The summed E-state index contributed by atoms with van der Waals surface area (Å²) in [6.07, 6.45) is 1.60. The average Bonchev–Trinajstić information content (AvgIpc) is 3.04. The summed E-state index contributed by atoms with van der Waals surface area (Å²) in [6, 6.07) is 16.6. The summed E-state index contributed by atoms with van der Waals surface area (Å²) in [6.45, 7) is 0.0992. The monoisotopic (exact) mass is 565 g/mol. The molecule has 0 radical (unpaired) electrons. The minimum Gasteiger partial charge on any atom is -0.488 e. The second-order valence-corrected chi connectivity index (χ2v) is 9.80. The smallest absolute Gasteiger partial charge is 0.293 e. The van der Waals surface area contributed by atoms with Gasteiger partial charge in [-0.2, -0.15) is 0 Å². The van der Waals surface area contributed by atoms with Gasteiger partial charge in [0.25, 0.3) is 11.1 Å². The van der Waals surface area contributed by atoms with Gasteiger partial charge >= 0.3 is 0 Å². The predicted octanol–water partition coefficient (Wildman–Crippen LogP) is 7.71.